The molecular weight excluding hydrogens is 296 g/mol. The van der Waals surface area contributed by atoms with E-state index in [1.54, 1.807) is 7.11 Å². The molecule has 0 unspecified atom stereocenters. The predicted molar refractivity (Wildman–Crippen MR) is 99.7 cm³/mol. The van der Waals surface area contributed by atoms with Gasteiger partial charge in [-0.3, -0.25) is 4.79 Å². The van der Waals surface area contributed by atoms with Gasteiger partial charge in [-0.15, -0.1) is 0 Å². The molecule has 0 aliphatic carbocycles. The van der Waals surface area contributed by atoms with E-state index >= 15 is 0 Å². The highest BCUT2D eigenvalue weighted by molar-refractivity contribution is 6.02. The van der Waals surface area contributed by atoms with Crippen molar-refractivity contribution in [1.82, 2.24) is 0 Å². The van der Waals surface area contributed by atoms with Crippen LogP contribution >= 0.6 is 0 Å². The SMILES string of the molecule is COc1ccc(CC=C(C)c2ccc3ccccc3c2C=O)cc1. The van der Waals surface area contributed by atoms with Gasteiger partial charge in [0, 0.05) is 5.56 Å². The summed E-state index contributed by atoms with van der Waals surface area (Å²) in [5.74, 6) is 0.859. The molecular formula is C22H20O2. The van der Waals surface area contributed by atoms with Crippen molar-refractivity contribution < 1.29 is 9.53 Å². The van der Waals surface area contributed by atoms with Crippen LogP contribution in [0.5, 0.6) is 5.75 Å². The molecule has 0 aliphatic rings. The smallest absolute Gasteiger partial charge is 0.151 e. The monoisotopic (exact) mass is 316 g/mol. The molecule has 0 aliphatic heterocycles. The van der Waals surface area contributed by atoms with Gasteiger partial charge >= 0.3 is 0 Å². The van der Waals surface area contributed by atoms with Crippen molar-refractivity contribution in [2.45, 2.75) is 13.3 Å². The van der Waals surface area contributed by atoms with E-state index in [1.165, 1.54) is 5.56 Å². The number of ether oxygens (including phenoxy) is 1. The number of methoxy groups -OCH3 is 1. The van der Waals surface area contributed by atoms with Crippen LogP contribution in [0.1, 0.15) is 28.4 Å². The normalized spacial score (nSPS) is 11.5. The summed E-state index contributed by atoms with van der Waals surface area (Å²) in [5.41, 5.74) is 4.08. The zero-order valence-corrected chi connectivity index (χ0v) is 14.0. The zero-order valence-electron chi connectivity index (χ0n) is 14.0. The number of hydrogen-bond donors (Lipinski definition) is 0. The van der Waals surface area contributed by atoms with Crippen LogP contribution < -0.4 is 4.74 Å². The summed E-state index contributed by atoms with van der Waals surface area (Å²) in [5, 5.41) is 2.09. The lowest BCUT2D eigenvalue weighted by Gasteiger charge is -2.09. The molecule has 0 fully saturated rings. The van der Waals surface area contributed by atoms with Gasteiger partial charge in [0.2, 0.25) is 0 Å². The van der Waals surface area contributed by atoms with Crippen LogP contribution in [-0.2, 0) is 6.42 Å². The highest BCUT2D eigenvalue weighted by atomic mass is 16.5. The fourth-order valence-electron chi connectivity index (χ4n) is 2.91. The first-order chi connectivity index (χ1) is 11.7. The van der Waals surface area contributed by atoms with Crippen LogP contribution in [0, 0.1) is 0 Å². The standard InChI is InChI=1S/C22H20O2/c1-16(7-8-17-9-12-19(24-2)13-10-17)20-14-11-18-5-3-4-6-21(18)22(20)15-23/h3-7,9-15H,8H2,1-2H3. The number of rotatable bonds is 5. The van der Waals surface area contributed by atoms with E-state index in [0.29, 0.717) is 0 Å². The Morgan fingerprint density at radius 2 is 1.75 bits per heavy atom. The van der Waals surface area contributed by atoms with Crippen molar-refractivity contribution in [3.63, 3.8) is 0 Å². The molecule has 3 aromatic rings. The minimum atomic E-state index is 0.761. The second-order valence-electron chi connectivity index (χ2n) is 5.81. The van der Waals surface area contributed by atoms with Crippen LogP contribution in [0.25, 0.3) is 16.3 Å². The van der Waals surface area contributed by atoms with E-state index in [4.69, 9.17) is 4.74 Å². The largest absolute Gasteiger partial charge is 0.497 e. The Morgan fingerprint density at radius 1 is 1.00 bits per heavy atom. The molecule has 24 heavy (non-hydrogen) atoms. The Hall–Kier alpha value is -2.87. The van der Waals surface area contributed by atoms with Gasteiger partial charge in [-0.05, 0) is 52.9 Å². The maximum Gasteiger partial charge on any atom is 0.151 e. The van der Waals surface area contributed by atoms with Crippen LogP contribution in [0.2, 0.25) is 0 Å². The van der Waals surface area contributed by atoms with Crippen molar-refractivity contribution >= 4 is 22.6 Å². The molecule has 0 amide bonds. The summed E-state index contributed by atoms with van der Waals surface area (Å²) in [6.07, 6.45) is 3.95. The first-order valence-electron chi connectivity index (χ1n) is 8.00. The van der Waals surface area contributed by atoms with Gasteiger partial charge in [-0.25, -0.2) is 0 Å². The predicted octanol–water partition coefficient (Wildman–Crippen LogP) is 5.31. The van der Waals surface area contributed by atoms with Crippen molar-refractivity contribution in [3.8, 4) is 5.75 Å². The van der Waals surface area contributed by atoms with Crippen molar-refractivity contribution in [3.05, 3.63) is 83.4 Å². The summed E-state index contributed by atoms with van der Waals surface area (Å²) < 4.78 is 5.18. The third kappa shape index (κ3) is 3.23. The van der Waals surface area contributed by atoms with E-state index in [1.807, 2.05) is 42.5 Å². The lowest BCUT2D eigenvalue weighted by molar-refractivity contribution is 0.112. The fraction of sp³-hybridized carbons (Fsp3) is 0.136. The number of allylic oxidation sites excluding steroid dienone is 2. The Morgan fingerprint density at radius 3 is 2.46 bits per heavy atom. The van der Waals surface area contributed by atoms with Crippen LogP contribution in [-0.4, -0.2) is 13.4 Å². The summed E-state index contributed by atoms with van der Waals surface area (Å²) in [7, 11) is 1.67. The maximum absolute atomic E-state index is 11.6. The fourth-order valence-corrected chi connectivity index (χ4v) is 2.91. The quantitative estimate of drug-likeness (QED) is 0.596. The van der Waals surface area contributed by atoms with Gasteiger partial charge in [0.1, 0.15) is 5.75 Å². The Balaban J connectivity index is 1.92. The zero-order chi connectivity index (χ0) is 16.9. The Labute approximate surface area is 142 Å². The lowest BCUT2D eigenvalue weighted by Crippen LogP contribution is -1.93. The average molecular weight is 316 g/mol. The third-order valence-electron chi connectivity index (χ3n) is 4.32. The highest BCUT2D eigenvalue weighted by Gasteiger charge is 2.08. The molecule has 3 aromatic carbocycles. The number of benzene rings is 3. The maximum atomic E-state index is 11.6. The second-order valence-corrected chi connectivity index (χ2v) is 5.81. The Kier molecular flexibility index (Phi) is 4.76. The molecule has 120 valence electrons. The molecule has 0 heterocycles. The van der Waals surface area contributed by atoms with Crippen LogP contribution in [0.4, 0.5) is 0 Å². The molecule has 2 heteroatoms. The summed E-state index contributed by atoms with van der Waals surface area (Å²) in [6, 6.07) is 20.1. The molecule has 0 bridgehead atoms. The van der Waals surface area contributed by atoms with Gasteiger partial charge in [-0.1, -0.05) is 54.6 Å². The lowest BCUT2D eigenvalue weighted by atomic mass is 9.94. The van der Waals surface area contributed by atoms with Crippen molar-refractivity contribution in [2.24, 2.45) is 0 Å². The minimum Gasteiger partial charge on any atom is -0.497 e. The van der Waals surface area contributed by atoms with Crippen molar-refractivity contribution in [1.29, 1.82) is 0 Å². The van der Waals surface area contributed by atoms with Crippen LogP contribution in [0.3, 0.4) is 0 Å². The molecule has 0 spiro atoms. The number of fused-ring (bicyclic) bond motifs is 1. The van der Waals surface area contributed by atoms with Gasteiger partial charge < -0.3 is 4.74 Å². The molecule has 0 aromatic heterocycles. The molecule has 0 saturated heterocycles. The van der Waals surface area contributed by atoms with E-state index in [0.717, 1.165) is 45.9 Å². The third-order valence-corrected chi connectivity index (χ3v) is 4.32. The Bertz CT molecular complexity index is 889. The summed E-state index contributed by atoms with van der Waals surface area (Å²) in [4.78, 5) is 11.6. The molecule has 0 saturated carbocycles. The number of carbonyl (C=O) groups is 1. The van der Waals surface area contributed by atoms with Gasteiger partial charge in [0.25, 0.3) is 0 Å². The van der Waals surface area contributed by atoms with Gasteiger partial charge in [-0.2, -0.15) is 0 Å². The second kappa shape index (κ2) is 7.14. The minimum absolute atomic E-state index is 0.761. The van der Waals surface area contributed by atoms with E-state index < -0.39 is 0 Å². The average Bonchev–Trinajstić information content (AvgIpc) is 2.65. The molecule has 3 rings (SSSR count). The van der Waals surface area contributed by atoms with E-state index in [2.05, 4.69) is 31.2 Å². The molecule has 2 nitrogen and oxygen atoms in total. The number of carbonyl (C=O) groups excluding carboxylic acids is 1. The first-order valence-corrected chi connectivity index (χ1v) is 8.00. The van der Waals surface area contributed by atoms with Crippen molar-refractivity contribution in [2.75, 3.05) is 7.11 Å². The van der Waals surface area contributed by atoms with E-state index in [9.17, 15) is 4.79 Å². The summed E-state index contributed by atoms with van der Waals surface area (Å²) in [6.45, 7) is 2.06. The molecule has 0 radical (unpaired) electrons. The summed E-state index contributed by atoms with van der Waals surface area (Å²) >= 11 is 0. The molecule has 0 atom stereocenters. The van der Waals surface area contributed by atoms with Gasteiger partial charge in [0.15, 0.2) is 6.29 Å². The van der Waals surface area contributed by atoms with E-state index in [-0.39, 0.29) is 0 Å². The first kappa shape index (κ1) is 16.0. The number of aldehydes is 1. The van der Waals surface area contributed by atoms with Gasteiger partial charge in [0.05, 0.1) is 7.11 Å². The molecule has 0 N–H and O–H groups in total. The topological polar surface area (TPSA) is 26.3 Å². The number of hydrogen-bond acceptors (Lipinski definition) is 2. The highest BCUT2D eigenvalue weighted by Crippen LogP contribution is 2.26. The van der Waals surface area contributed by atoms with Crippen LogP contribution in [0.15, 0.2) is 66.7 Å².